The quantitative estimate of drug-likeness (QED) is 0.0112. The van der Waals surface area contributed by atoms with E-state index in [0.29, 0.717) is 32.5 Å². The van der Waals surface area contributed by atoms with Gasteiger partial charge < -0.3 is 39.5 Å². The SMILES string of the molecule is CCCCCCCCCCCCCCCCCCCC(=O)O[C@H](COC(=[O+])CCCCCCCCCCCCCCCCC)CO[P+]([O-])(O[C@@H]1O[C@H](CO)[C@@H](O)[C@H](O)[C@H]1O)O[N+](CC)(CC)CC. The van der Waals surface area contributed by atoms with Gasteiger partial charge in [0.15, 0.2) is 6.10 Å². The molecule has 7 atom stereocenters. The van der Waals surface area contributed by atoms with E-state index in [1.165, 1.54) is 154 Å². The molecule has 1 fully saturated rings. The topological polar surface area (TPSA) is 196 Å². The number of carbonyl (C=O) groups is 2. The minimum absolute atomic E-state index is 0.152. The number of unbranched alkanes of at least 4 members (excludes halogenated alkanes) is 30. The van der Waals surface area contributed by atoms with Crippen molar-refractivity contribution < 1.29 is 67.4 Å². The summed E-state index contributed by atoms with van der Waals surface area (Å²) in [5.41, 5.74) is 0. The average Bonchev–Trinajstić information content (AvgIpc) is 3.34. The molecule has 0 aromatic rings. The lowest BCUT2D eigenvalue weighted by atomic mass is 10.00. The van der Waals surface area contributed by atoms with E-state index in [2.05, 4.69) is 13.8 Å². The minimum atomic E-state index is -4.75. The molecule has 14 nitrogen and oxygen atoms in total. The zero-order valence-corrected chi connectivity index (χ0v) is 45.0. The van der Waals surface area contributed by atoms with Gasteiger partial charge in [0, 0.05) is 15.8 Å². The number of nitrogens with zero attached hydrogens (tertiary/aromatic N) is 1. The highest BCUT2D eigenvalue weighted by molar-refractivity contribution is 7.53. The van der Waals surface area contributed by atoms with Crippen LogP contribution in [0.4, 0.5) is 0 Å². The number of rotatable bonds is 48. The fraction of sp³-hybridized carbons (Fsp3) is 0.962. The Morgan fingerprint density at radius 1 is 0.574 bits per heavy atom. The molecule has 15 heteroatoms. The van der Waals surface area contributed by atoms with E-state index in [4.69, 9.17) is 27.9 Å². The Morgan fingerprint density at radius 2 is 0.956 bits per heavy atom. The molecule has 1 rings (SSSR count). The zero-order valence-electron chi connectivity index (χ0n) is 44.1. The van der Waals surface area contributed by atoms with Gasteiger partial charge in [-0.2, -0.15) is 4.52 Å². The van der Waals surface area contributed by atoms with Gasteiger partial charge in [-0.05, 0) is 33.6 Å². The fourth-order valence-electron chi connectivity index (χ4n) is 8.84. The number of phosphoric ester groups is 1. The van der Waals surface area contributed by atoms with Gasteiger partial charge in [-0.3, -0.25) is 4.79 Å². The normalized spacial score (nSPS) is 20.1. The van der Waals surface area contributed by atoms with E-state index < -0.39 is 70.1 Å². The van der Waals surface area contributed by atoms with Gasteiger partial charge in [-0.15, -0.1) is 9.17 Å². The maximum absolute atomic E-state index is 14.5. The molecule has 0 saturated carbocycles. The van der Waals surface area contributed by atoms with Crippen molar-refractivity contribution in [3.8, 4) is 0 Å². The highest BCUT2D eigenvalue weighted by Gasteiger charge is 2.54. The Bertz CT molecular complexity index is 1170. The summed E-state index contributed by atoms with van der Waals surface area (Å²) in [6.45, 7) is 9.43. The van der Waals surface area contributed by atoms with Crippen LogP contribution in [-0.2, 0) is 37.5 Å². The first kappa shape index (κ1) is 65.0. The second kappa shape index (κ2) is 42.5. The fourth-order valence-corrected chi connectivity index (χ4v) is 10.5. The zero-order chi connectivity index (χ0) is 50.1. The third kappa shape index (κ3) is 31.4. The van der Waals surface area contributed by atoms with Gasteiger partial charge in [0.05, 0.1) is 6.61 Å². The van der Waals surface area contributed by atoms with Gasteiger partial charge in [0.1, 0.15) is 57.1 Å². The molecule has 1 aliphatic rings. The van der Waals surface area contributed by atoms with Crippen LogP contribution < -0.4 is 4.89 Å². The molecular formula is C53H105NO13P+2. The highest BCUT2D eigenvalue weighted by Crippen LogP contribution is 2.58. The molecule has 1 aliphatic heterocycles. The number of hydroxylamine groups is 3. The van der Waals surface area contributed by atoms with Crippen LogP contribution in [0.5, 0.6) is 0 Å². The summed E-state index contributed by atoms with van der Waals surface area (Å²) in [6, 6.07) is 0. The first-order chi connectivity index (χ1) is 32.9. The van der Waals surface area contributed by atoms with Gasteiger partial charge in [-0.1, -0.05) is 206 Å². The van der Waals surface area contributed by atoms with Crippen LogP contribution in [0, 0.1) is 0 Å². The lowest BCUT2D eigenvalue weighted by Crippen LogP contribution is -2.59. The molecule has 0 spiro atoms. The van der Waals surface area contributed by atoms with Crippen LogP contribution in [0.25, 0.3) is 0 Å². The maximum atomic E-state index is 14.5. The Labute approximate surface area is 415 Å². The van der Waals surface area contributed by atoms with Gasteiger partial charge in [0.2, 0.25) is 12.9 Å². The van der Waals surface area contributed by atoms with Crippen molar-refractivity contribution in [3.05, 3.63) is 0 Å². The van der Waals surface area contributed by atoms with Crippen LogP contribution in [0.2, 0.25) is 0 Å². The molecular weight excluding hydrogens is 890 g/mol. The largest absolute Gasteiger partial charge is 0.601 e. The lowest BCUT2D eigenvalue weighted by Gasteiger charge is -2.41. The molecule has 0 aromatic heterocycles. The van der Waals surface area contributed by atoms with Crippen molar-refractivity contribution in [2.75, 3.05) is 39.5 Å². The van der Waals surface area contributed by atoms with Crippen molar-refractivity contribution >= 4 is 20.1 Å². The molecule has 1 saturated heterocycles. The molecule has 1 heterocycles. The summed E-state index contributed by atoms with van der Waals surface area (Å²) in [5, 5.41) is 41.2. The molecule has 4 N–H and O–H groups in total. The summed E-state index contributed by atoms with van der Waals surface area (Å²) in [5.74, 6) is -0.950. The molecule has 0 amide bonds. The van der Waals surface area contributed by atoms with Crippen molar-refractivity contribution in [1.82, 2.24) is 0 Å². The standard InChI is InChI=1S/C53H105NO13P/c1-6-11-13-15-17-19-21-23-25-26-28-30-32-34-36-38-40-42-49(57)64-46(44-62-48(56)41-39-37-35-33-31-29-27-24-22-20-18-16-14-12-7-2)45-63-68(61,67-54(8-3,9-4)10-5)66-53-52(60)51(59)50(58)47(43-55)65-53/h46-47,50-53,55,58-60H,6-45H2,1-5H3/q+2/t46-,47-,50-,51+,52-,53+,68?/m1/s1. The molecule has 0 bridgehead atoms. The van der Waals surface area contributed by atoms with Crippen molar-refractivity contribution in [2.45, 2.75) is 290 Å². The minimum Gasteiger partial charge on any atom is -0.601 e. The van der Waals surface area contributed by atoms with Crippen molar-refractivity contribution in [1.29, 1.82) is 0 Å². The van der Waals surface area contributed by atoms with Crippen LogP contribution in [0.3, 0.4) is 0 Å². The molecule has 0 aliphatic carbocycles. The van der Waals surface area contributed by atoms with Crippen molar-refractivity contribution in [2.24, 2.45) is 0 Å². The second-order valence-corrected chi connectivity index (χ2v) is 21.1. The smallest absolute Gasteiger partial charge is 0.574 e. The third-order valence-corrected chi connectivity index (χ3v) is 15.2. The predicted molar refractivity (Wildman–Crippen MR) is 270 cm³/mol. The molecule has 0 aromatic carbocycles. The lowest BCUT2D eigenvalue weighted by molar-refractivity contribution is -1.08. The van der Waals surface area contributed by atoms with Crippen LogP contribution in [0.1, 0.15) is 253 Å². The Kier molecular flexibility index (Phi) is 40.6. The monoisotopic (exact) mass is 995 g/mol. The van der Waals surface area contributed by atoms with Crippen LogP contribution in [0.15, 0.2) is 0 Å². The first-order valence-electron chi connectivity index (χ1n) is 28.1. The molecule has 68 heavy (non-hydrogen) atoms. The number of phosphoric acid groups is 1. The number of quaternary nitrogens is 1. The summed E-state index contributed by atoms with van der Waals surface area (Å²) >= 11 is 0. The Hall–Kier alpha value is -1.03. The van der Waals surface area contributed by atoms with E-state index in [1.807, 2.05) is 20.8 Å². The summed E-state index contributed by atoms with van der Waals surface area (Å²) in [7, 11) is -4.75. The number of aliphatic hydroxyl groups excluding tert-OH is 4. The van der Waals surface area contributed by atoms with Gasteiger partial charge >= 0.3 is 20.1 Å². The van der Waals surface area contributed by atoms with Gasteiger partial charge in [0.25, 0.3) is 0 Å². The summed E-state index contributed by atoms with van der Waals surface area (Å²) in [4.78, 5) is 40.6. The summed E-state index contributed by atoms with van der Waals surface area (Å²) in [6.07, 6.45) is 29.8. The van der Waals surface area contributed by atoms with E-state index in [1.54, 1.807) is 0 Å². The number of hydrogen-bond acceptors (Lipinski definition) is 13. The third-order valence-electron chi connectivity index (χ3n) is 13.7. The number of hydrogen-bond donors (Lipinski definition) is 4. The predicted octanol–water partition coefficient (Wildman–Crippen LogP) is 11.4. The van der Waals surface area contributed by atoms with E-state index in [-0.39, 0.29) is 24.1 Å². The van der Waals surface area contributed by atoms with E-state index in [0.717, 1.165) is 38.5 Å². The van der Waals surface area contributed by atoms with Crippen LogP contribution >= 0.6 is 8.17 Å². The number of carbonyl (C=O) groups excluding carboxylic acids is 2. The number of aliphatic hydroxyl groups is 4. The molecule has 1 unspecified atom stereocenters. The Morgan fingerprint density at radius 3 is 1.34 bits per heavy atom. The number of esters is 2. The van der Waals surface area contributed by atoms with Gasteiger partial charge in [-0.25, -0.2) is 0 Å². The highest BCUT2D eigenvalue weighted by atomic mass is 31.2. The summed E-state index contributed by atoms with van der Waals surface area (Å²) < 4.78 is 34.2. The van der Waals surface area contributed by atoms with E-state index >= 15 is 0 Å². The number of ether oxygens (including phenoxy) is 3. The molecule has 1 radical (unpaired) electrons. The van der Waals surface area contributed by atoms with E-state index in [9.17, 15) is 34.9 Å². The average molecular weight is 995 g/mol. The van der Waals surface area contributed by atoms with Crippen LogP contribution in [-0.4, -0.2) is 113 Å². The molecule has 403 valence electrons. The Balaban J connectivity index is 2.72. The first-order valence-corrected chi connectivity index (χ1v) is 29.6. The second-order valence-electron chi connectivity index (χ2n) is 19.5. The van der Waals surface area contributed by atoms with Crippen molar-refractivity contribution in [3.63, 3.8) is 0 Å². The maximum Gasteiger partial charge on any atom is 0.574 e.